The molecule has 2 aromatic rings. The predicted octanol–water partition coefficient (Wildman–Crippen LogP) is 1.53. The summed E-state index contributed by atoms with van der Waals surface area (Å²) in [5.41, 5.74) is 8.97. The third kappa shape index (κ3) is 1.51. The molecule has 4 nitrogen and oxygen atoms in total. The zero-order valence-corrected chi connectivity index (χ0v) is 8.93. The molecule has 2 atom stereocenters. The van der Waals surface area contributed by atoms with Crippen LogP contribution in [0.2, 0.25) is 0 Å². The number of rotatable bonds is 3. The molecule has 0 fully saturated rings. The Bertz CT molecular complexity index is 478. The van der Waals surface area contributed by atoms with Gasteiger partial charge >= 0.3 is 0 Å². The molecule has 3 N–H and O–H groups in total. The Morgan fingerprint density at radius 1 is 1.44 bits per heavy atom. The fourth-order valence-corrected chi connectivity index (χ4v) is 2.38. The Labute approximate surface area is 93.9 Å². The Hall–Kier alpha value is -1.68. The van der Waals surface area contributed by atoms with Gasteiger partial charge in [0.1, 0.15) is 12.2 Å². The van der Waals surface area contributed by atoms with E-state index in [4.69, 9.17) is 5.73 Å². The molecule has 3 rings (SSSR count). The van der Waals surface area contributed by atoms with E-state index in [1.54, 1.807) is 0 Å². The number of nitrogens with two attached hydrogens (primary N) is 1. The monoisotopic (exact) mass is 214 g/mol. The lowest BCUT2D eigenvalue weighted by atomic mass is 9.74. The van der Waals surface area contributed by atoms with Gasteiger partial charge in [-0.2, -0.15) is 5.10 Å². The van der Waals surface area contributed by atoms with Crippen molar-refractivity contribution < 1.29 is 0 Å². The first-order valence-corrected chi connectivity index (χ1v) is 5.53. The number of aromatic nitrogens is 3. The van der Waals surface area contributed by atoms with E-state index in [2.05, 4.69) is 39.4 Å². The van der Waals surface area contributed by atoms with Gasteiger partial charge in [-0.3, -0.25) is 5.10 Å². The van der Waals surface area contributed by atoms with Crippen LogP contribution in [0.5, 0.6) is 0 Å². The summed E-state index contributed by atoms with van der Waals surface area (Å²) in [5.74, 6) is 1.36. The Kier molecular flexibility index (Phi) is 2.22. The summed E-state index contributed by atoms with van der Waals surface area (Å²) < 4.78 is 0. The van der Waals surface area contributed by atoms with Crippen molar-refractivity contribution in [2.45, 2.75) is 24.8 Å². The molecule has 0 saturated heterocycles. The highest BCUT2D eigenvalue weighted by Crippen LogP contribution is 2.39. The van der Waals surface area contributed by atoms with E-state index < -0.39 is 0 Å². The first kappa shape index (κ1) is 9.54. The summed E-state index contributed by atoms with van der Waals surface area (Å²) in [6.07, 6.45) is 3.58. The minimum atomic E-state index is -0.0409. The van der Waals surface area contributed by atoms with Crippen LogP contribution in [0.1, 0.15) is 35.3 Å². The Morgan fingerprint density at radius 2 is 2.31 bits per heavy atom. The fourth-order valence-electron chi connectivity index (χ4n) is 2.38. The summed E-state index contributed by atoms with van der Waals surface area (Å²) in [6.45, 7) is 0. The molecule has 16 heavy (non-hydrogen) atoms. The zero-order chi connectivity index (χ0) is 11.0. The largest absolute Gasteiger partial charge is 0.321 e. The lowest BCUT2D eigenvalue weighted by Crippen LogP contribution is -2.23. The van der Waals surface area contributed by atoms with Crippen LogP contribution in [0.25, 0.3) is 0 Å². The number of nitrogens with zero attached hydrogens (tertiary/aromatic N) is 2. The van der Waals surface area contributed by atoms with Crippen molar-refractivity contribution in [1.82, 2.24) is 15.2 Å². The van der Waals surface area contributed by atoms with Crippen LogP contribution >= 0.6 is 0 Å². The van der Waals surface area contributed by atoms with Crippen LogP contribution in [0.15, 0.2) is 30.6 Å². The lowest BCUT2D eigenvalue weighted by Gasteiger charge is -2.31. The topological polar surface area (TPSA) is 67.6 Å². The van der Waals surface area contributed by atoms with E-state index in [0.29, 0.717) is 5.92 Å². The maximum absolute atomic E-state index is 6.07. The molecule has 4 heteroatoms. The second-order valence-corrected chi connectivity index (χ2v) is 4.31. The molecule has 2 unspecified atom stereocenters. The molecule has 1 aromatic heterocycles. The molecule has 0 radical (unpaired) electrons. The summed E-state index contributed by atoms with van der Waals surface area (Å²) in [4.78, 5) is 4.09. The van der Waals surface area contributed by atoms with Crippen molar-refractivity contribution in [2.75, 3.05) is 0 Å². The molecule has 0 aliphatic heterocycles. The van der Waals surface area contributed by atoms with Gasteiger partial charge in [0, 0.05) is 0 Å². The van der Waals surface area contributed by atoms with E-state index in [-0.39, 0.29) is 6.04 Å². The Balaban J connectivity index is 1.70. The minimum absolute atomic E-state index is 0.0409. The number of hydrogen-bond donors (Lipinski definition) is 2. The lowest BCUT2D eigenvalue weighted by molar-refractivity contribution is 0.485. The highest BCUT2D eigenvalue weighted by molar-refractivity contribution is 5.40. The van der Waals surface area contributed by atoms with E-state index in [9.17, 15) is 0 Å². The molecule has 82 valence electrons. The number of hydrogen-bond acceptors (Lipinski definition) is 3. The van der Waals surface area contributed by atoms with Gasteiger partial charge in [-0.25, -0.2) is 4.98 Å². The number of H-pyrrole nitrogens is 1. The molecule has 0 amide bonds. The average Bonchev–Trinajstić information content (AvgIpc) is 2.79. The summed E-state index contributed by atoms with van der Waals surface area (Å²) in [7, 11) is 0. The van der Waals surface area contributed by atoms with Crippen LogP contribution in [0, 0.1) is 0 Å². The fraction of sp³-hybridized carbons (Fsp3) is 0.333. The molecule has 1 aliphatic carbocycles. The van der Waals surface area contributed by atoms with Crippen LogP contribution in [-0.2, 0) is 6.42 Å². The molecular formula is C12H14N4. The number of nitrogens with one attached hydrogen (secondary N) is 1. The van der Waals surface area contributed by atoms with Crippen LogP contribution in [0.3, 0.4) is 0 Å². The third-order valence-corrected chi connectivity index (χ3v) is 3.28. The van der Waals surface area contributed by atoms with E-state index in [1.165, 1.54) is 17.5 Å². The summed E-state index contributed by atoms with van der Waals surface area (Å²) in [5, 5.41) is 6.65. The minimum Gasteiger partial charge on any atom is -0.321 e. The maximum atomic E-state index is 6.07. The average molecular weight is 214 g/mol. The zero-order valence-electron chi connectivity index (χ0n) is 8.93. The second-order valence-electron chi connectivity index (χ2n) is 4.31. The van der Waals surface area contributed by atoms with Gasteiger partial charge in [-0.1, -0.05) is 24.3 Å². The SMILES string of the molecule is NC(CC1Cc2ccccc21)c1ncn[nH]1. The molecule has 0 spiro atoms. The van der Waals surface area contributed by atoms with Gasteiger partial charge in [0.05, 0.1) is 6.04 Å². The smallest absolute Gasteiger partial charge is 0.141 e. The normalized spacial score (nSPS) is 19.9. The van der Waals surface area contributed by atoms with E-state index in [1.807, 2.05) is 0 Å². The molecule has 0 saturated carbocycles. The molecule has 0 bridgehead atoms. The molecular weight excluding hydrogens is 200 g/mol. The van der Waals surface area contributed by atoms with Crippen molar-refractivity contribution in [3.05, 3.63) is 47.5 Å². The summed E-state index contributed by atoms with van der Waals surface area (Å²) in [6, 6.07) is 8.51. The number of benzene rings is 1. The van der Waals surface area contributed by atoms with Crippen molar-refractivity contribution in [3.8, 4) is 0 Å². The van der Waals surface area contributed by atoms with Crippen molar-refractivity contribution >= 4 is 0 Å². The van der Waals surface area contributed by atoms with Gasteiger partial charge in [-0.05, 0) is 29.9 Å². The van der Waals surface area contributed by atoms with Gasteiger partial charge in [-0.15, -0.1) is 0 Å². The van der Waals surface area contributed by atoms with Gasteiger partial charge in [0.25, 0.3) is 0 Å². The molecule has 1 heterocycles. The molecule has 1 aliphatic rings. The van der Waals surface area contributed by atoms with Gasteiger partial charge in [0.2, 0.25) is 0 Å². The molecule has 1 aromatic carbocycles. The number of aromatic amines is 1. The summed E-state index contributed by atoms with van der Waals surface area (Å²) >= 11 is 0. The van der Waals surface area contributed by atoms with Gasteiger partial charge in [0.15, 0.2) is 0 Å². The quantitative estimate of drug-likeness (QED) is 0.814. The van der Waals surface area contributed by atoms with E-state index >= 15 is 0 Å². The predicted molar refractivity (Wildman–Crippen MR) is 60.8 cm³/mol. The van der Waals surface area contributed by atoms with Crippen LogP contribution in [-0.4, -0.2) is 15.2 Å². The van der Waals surface area contributed by atoms with Crippen molar-refractivity contribution in [3.63, 3.8) is 0 Å². The van der Waals surface area contributed by atoms with Crippen LogP contribution in [0.4, 0.5) is 0 Å². The van der Waals surface area contributed by atoms with Crippen molar-refractivity contribution in [2.24, 2.45) is 5.73 Å². The maximum Gasteiger partial charge on any atom is 0.141 e. The Morgan fingerprint density at radius 3 is 3.06 bits per heavy atom. The number of fused-ring (bicyclic) bond motifs is 1. The van der Waals surface area contributed by atoms with Crippen molar-refractivity contribution in [1.29, 1.82) is 0 Å². The van der Waals surface area contributed by atoms with Crippen LogP contribution < -0.4 is 5.73 Å². The van der Waals surface area contributed by atoms with Gasteiger partial charge < -0.3 is 5.73 Å². The highest BCUT2D eigenvalue weighted by atomic mass is 15.2. The first-order valence-electron chi connectivity index (χ1n) is 5.53. The third-order valence-electron chi connectivity index (χ3n) is 3.28. The first-order chi connectivity index (χ1) is 7.84. The standard InChI is InChI=1S/C12H14N4/c13-11(12-14-7-15-16-12)6-9-5-8-3-1-2-4-10(8)9/h1-4,7,9,11H,5-6,13H2,(H,14,15,16). The highest BCUT2D eigenvalue weighted by Gasteiger charge is 2.27. The van der Waals surface area contributed by atoms with E-state index in [0.717, 1.165) is 18.7 Å². The second kappa shape index (κ2) is 3.72.